The first-order valence-corrected chi connectivity index (χ1v) is 9.00. The maximum absolute atomic E-state index is 12.9. The molecule has 3 rings (SSSR count). The van der Waals surface area contributed by atoms with E-state index >= 15 is 0 Å². The average Bonchev–Trinajstić information content (AvgIpc) is 2.65. The van der Waals surface area contributed by atoms with Crippen molar-refractivity contribution < 1.29 is 14.3 Å². The molecule has 1 fully saturated rings. The second-order valence-electron chi connectivity index (χ2n) is 6.07. The maximum Gasteiger partial charge on any atom is 0.254 e. The maximum atomic E-state index is 12.9. The molecular weight excluding hydrogens is 352 g/mol. The topological polar surface area (TPSA) is 49.9 Å². The summed E-state index contributed by atoms with van der Waals surface area (Å²) in [6.07, 6.45) is 0. The summed E-state index contributed by atoms with van der Waals surface area (Å²) < 4.78 is 5.64. The van der Waals surface area contributed by atoms with Crippen LogP contribution < -0.4 is 9.64 Å². The number of benzene rings is 2. The zero-order valence-electron chi connectivity index (χ0n) is 14.8. The van der Waals surface area contributed by atoms with Crippen LogP contribution in [0.1, 0.15) is 24.2 Å². The van der Waals surface area contributed by atoms with Gasteiger partial charge in [0.2, 0.25) is 5.91 Å². The molecule has 0 spiro atoms. The van der Waals surface area contributed by atoms with E-state index in [1.165, 1.54) is 0 Å². The van der Waals surface area contributed by atoms with Crippen LogP contribution in [0.4, 0.5) is 5.69 Å². The highest BCUT2D eigenvalue weighted by atomic mass is 35.5. The fourth-order valence-electron chi connectivity index (χ4n) is 3.10. The van der Waals surface area contributed by atoms with E-state index in [9.17, 15) is 9.59 Å². The number of hydrogen-bond donors (Lipinski definition) is 0. The van der Waals surface area contributed by atoms with Gasteiger partial charge in [0.1, 0.15) is 11.8 Å². The van der Waals surface area contributed by atoms with Crippen LogP contribution in [0.2, 0.25) is 5.02 Å². The molecule has 0 saturated carbocycles. The second kappa shape index (κ2) is 7.79. The highest BCUT2D eigenvalue weighted by molar-refractivity contribution is 6.30. The van der Waals surface area contributed by atoms with Crippen molar-refractivity contribution in [3.63, 3.8) is 0 Å². The van der Waals surface area contributed by atoms with Crippen LogP contribution in [0.3, 0.4) is 0 Å². The molecule has 0 bridgehead atoms. The number of para-hydroxylation sites is 2. The van der Waals surface area contributed by atoms with Crippen LogP contribution in [0.5, 0.6) is 5.75 Å². The molecule has 6 heteroatoms. The van der Waals surface area contributed by atoms with Crippen LogP contribution >= 0.6 is 11.6 Å². The van der Waals surface area contributed by atoms with Crippen LogP contribution in [0.15, 0.2) is 48.5 Å². The van der Waals surface area contributed by atoms with Gasteiger partial charge in [0.05, 0.1) is 12.3 Å². The Labute approximate surface area is 158 Å². The predicted molar refractivity (Wildman–Crippen MR) is 102 cm³/mol. The van der Waals surface area contributed by atoms with Crippen molar-refractivity contribution in [1.29, 1.82) is 0 Å². The number of amides is 2. The van der Waals surface area contributed by atoms with E-state index in [1.807, 2.05) is 31.2 Å². The van der Waals surface area contributed by atoms with Crippen LogP contribution in [0, 0.1) is 0 Å². The summed E-state index contributed by atoms with van der Waals surface area (Å²) in [6.45, 7) is 5.06. The number of anilines is 1. The Morgan fingerprint density at radius 3 is 2.54 bits per heavy atom. The highest BCUT2D eigenvalue weighted by Gasteiger charge is 2.36. The molecule has 1 saturated heterocycles. The van der Waals surface area contributed by atoms with E-state index in [0.29, 0.717) is 36.0 Å². The van der Waals surface area contributed by atoms with Crippen molar-refractivity contribution in [3.05, 3.63) is 59.1 Å². The number of halogens is 1. The Balaban J connectivity index is 1.81. The number of rotatable bonds is 4. The molecule has 136 valence electrons. The molecule has 0 N–H and O–H groups in total. The Morgan fingerprint density at radius 2 is 1.85 bits per heavy atom. The van der Waals surface area contributed by atoms with Crippen LogP contribution in [-0.2, 0) is 4.79 Å². The first-order valence-electron chi connectivity index (χ1n) is 8.62. The second-order valence-corrected chi connectivity index (χ2v) is 6.51. The Hall–Kier alpha value is -2.53. The van der Waals surface area contributed by atoms with E-state index in [1.54, 1.807) is 41.0 Å². The minimum atomic E-state index is -0.554. The molecule has 0 aromatic heterocycles. The molecular formula is C20H21ClN2O3. The lowest BCUT2D eigenvalue weighted by molar-refractivity contribution is -0.124. The van der Waals surface area contributed by atoms with Gasteiger partial charge in [0.15, 0.2) is 0 Å². The van der Waals surface area contributed by atoms with Gasteiger partial charge in [-0.15, -0.1) is 0 Å². The molecule has 2 aromatic rings. The molecule has 2 amide bonds. The Kier molecular flexibility index (Phi) is 5.47. The first kappa shape index (κ1) is 18.3. The fourth-order valence-corrected chi connectivity index (χ4v) is 3.23. The van der Waals surface area contributed by atoms with Gasteiger partial charge in [-0.2, -0.15) is 0 Å². The van der Waals surface area contributed by atoms with Gasteiger partial charge in [0.25, 0.3) is 5.91 Å². The van der Waals surface area contributed by atoms with Crippen LogP contribution in [0.25, 0.3) is 0 Å². The van der Waals surface area contributed by atoms with E-state index < -0.39 is 6.04 Å². The first-order chi connectivity index (χ1) is 12.5. The van der Waals surface area contributed by atoms with Crippen molar-refractivity contribution in [1.82, 2.24) is 4.90 Å². The summed E-state index contributed by atoms with van der Waals surface area (Å²) in [5, 5.41) is 0.572. The SMILES string of the molecule is CCOc1ccccc1N1CCN(C(=O)c2ccc(Cl)cc2)[C@H](C)C1=O. The van der Waals surface area contributed by atoms with Crippen LogP contribution in [-0.4, -0.2) is 42.5 Å². The highest BCUT2D eigenvalue weighted by Crippen LogP contribution is 2.30. The molecule has 1 aliphatic heterocycles. The zero-order valence-corrected chi connectivity index (χ0v) is 15.6. The smallest absolute Gasteiger partial charge is 0.254 e. The summed E-state index contributed by atoms with van der Waals surface area (Å²) in [6, 6.07) is 13.6. The largest absolute Gasteiger partial charge is 0.492 e. The summed E-state index contributed by atoms with van der Waals surface area (Å²) in [5.74, 6) is 0.388. The van der Waals surface area contributed by atoms with Crippen molar-refractivity contribution in [2.75, 3.05) is 24.6 Å². The average molecular weight is 373 g/mol. The monoisotopic (exact) mass is 372 g/mol. The minimum absolute atomic E-state index is 0.120. The quantitative estimate of drug-likeness (QED) is 0.823. The molecule has 0 radical (unpaired) electrons. The number of piperazine rings is 1. The van der Waals surface area contributed by atoms with Gasteiger partial charge in [-0.3, -0.25) is 9.59 Å². The van der Waals surface area contributed by atoms with Gasteiger partial charge in [0, 0.05) is 23.7 Å². The van der Waals surface area contributed by atoms with Crippen molar-refractivity contribution >= 4 is 29.1 Å². The predicted octanol–water partition coefficient (Wildman–Crippen LogP) is 3.62. The molecule has 1 aliphatic rings. The van der Waals surface area contributed by atoms with Crippen molar-refractivity contribution in [2.45, 2.75) is 19.9 Å². The lowest BCUT2D eigenvalue weighted by Gasteiger charge is -2.39. The molecule has 1 heterocycles. The third-order valence-corrected chi connectivity index (χ3v) is 4.72. The molecule has 1 atom stereocenters. The summed E-state index contributed by atoms with van der Waals surface area (Å²) in [4.78, 5) is 29.0. The zero-order chi connectivity index (χ0) is 18.7. The minimum Gasteiger partial charge on any atom is -0.492 e. The normalized spacial score (nSPS) is 17.3. The molecule has 26 heavy (non-hydrogen) atoms. The standard InChI is InChI=1S/C20H21ClN2O3/c1-3-26-18-7-5-4-6-17(18)23-13-12-22(14(2)19(23)24)20(25)15-8-10-16(21)11-9-15/h4-11,14H,3,12-13H2,1-2H3/t14-/m1/s1. The van der Waals surface area contributed by atoms with Crippen molar-refractivity contribution in [3.8, 4) is 5.75 Å². The number of nitrogens with zero attached hydrogens (tertiary/aromatic N) is 2. The molecule has 0 aliphatic carbocycles. The summed E-state index contributed by atoms with van der Waals surface area (Å²) in [7, 11) is 0. The molecule has 0 unspecified atom stereocenters. The number of hydrogen-bond acceptors (Lipinski definition) is 3. The number of carbonyl (C=O) groups excluding carboxylic acids is 2. The Bertz CT molecular complexity index is 807. The van der Waals surface area contributed by atoms with E-state index in [4.69, 9.17) is 16.3 Å². The summed E-state index contributed by atoms with van der Waals surface area (Å²) >= 11 is 5.88. The van der Waals surface area contributed by atoms with Gasteiger partial charge < -0.3 is 14.5 Å². The third-order valence-electron chi connectivity index (χ3n) is 4.46. The Morgan fingerprint density at radius 1 is 1.15 bits per heavy atom. The van der Waals surface area contributed by atoms with E-state index in [2.05, 4.69) is 0 Å². The van der Waals surface area contributed by atoms with E-state index in [0.717, 1.165) is 5.69 Å². The molecule has 5 nitrogen and oxygen atoms in total. The summed E-state index contributed by atoms with van der Waals surface area (Å²) in [5.41, 5.74) is 1.27. The molecule has 2 aromatic carbocycles. The van der Waals surface area contributed by atoms with Crippen molar-refractivity contribution in [2.24, 2.45) is 0 Å². The lowest BCUT2D eigenvalue weighted by atomic mass is 10.1. The van der Waals surface area contributed by atoms with Gasteiger partial charge in [-0.25, -0.2) is 0 Å². The van der Waals surface area contributed by atoms with Gasteiger partial charge in [-0.05, 0) is 50.2 Å². The third kappa shape index (κ3) is 3.53. The van der Waals surface area contributed by atoms with E-state index in [-0.39, 0.29) is 11.8 Å². The van der Waals surface area contributed by atoms with Gasteiger partial charge >= 0.3 is 0 Å². The van der Waals surface area contributed by atoms with Gasteiger partial charge in [-0.1, -0.05) is 23.7 Å². The fraction of sp³-hybridized carbons (Fsp3) is 0.300. The number of carbonyl (C=O) groups is 2. The number of ether oxygens (including phenoxy) is 1. The lowest BCUT2D eigenvalue weighted by Crippen LogP contribution is -2.57.